The van der Waals surface area contributed by atoms with Crippen LogP contribution in [0.5, 0.6) is 0 Å². The Kier molecular flexibility index (Phi) is 6.00. The Hall–Kier alpha value is -0.920. The molecule has 0 bridgehead atoms. The van der Waals surface area contributed by atoms with Crippen molar-refractivity contribution in [3.63, 3.8) is 0 Å². The van der Waals surface area contributed by atoms with Gasteiger partial charge in [-0.3, -0.25) is 4.79 Å². The third kappa shape index (κ3) is 4.79. The van der Waals surface area contributed by atoms with E-state index in [2.05, 4.69) is 11.4 Å². The Balaban J connectivity index is 2.07. The summed E-state index contributed by atoms with van der Waals surface area (Å²) in [6, 6.07) is 4.31. The first kappa shape index (κ1) is 17.4. The second kappa shape index (κ2) is 7.57. The number of likely N-dealkylation sites (N-methyl/N-ethyl adjacent to an activating group) is 1. The van der Waals surface area contributed by atoms with Crippen LogP contribution in [-0.2, 0) is 21.2 Å². The summed E-state index contributed by atoms with van der Waals surface area (Å²) >= 11 is 1.71. The van der Waals surface area contributed by atoms with Gasteiger partial charge in [0.15, 0.2) is 0 Å². The molecule has 1 saturated heterocycles. The minimum Gasteiger partial charge on any atom is -0.338 e. The number of carbonyl (C=O) groups is 1. The van der Waals surface area contributed by atoms with Crippen LogP contribution in [0.4, 0.5) is 0 Å². The van der Waals surface area contributed by atoms with Gasteiger partial charge in [-0.25, -0.2) is 8.42 Å². The smallest absolute Gasteiger partial charge is 0.238 e. The molecular weight excluding hydrogens is 320 g/mol. The first-order valence-corrected chi connectivity index (χ1v) is 10.3. The molecule has 1 atom stereocenters. The number of nitrogens with zero attached hydrogens (tertiary/aromatic N) is 2. The molecule has 2 rings (SSSR count). The van der Waals surface area contributed by atoms with Crippen LogP contribution in [0.3, 0.4) is 0 Å². The molecule has 1 aliphatic heterocycles. The van der Waals surface area contributed by atoms with E-state index in [1.54, 1.807) is 11.3 Å². The van der Waals surface area contributed by atoms with E-state index in [-0.39, 0.29) is 18.5 Å². The molecule has 22 heavy (non-hydrogen) atoms. The molecule has 0 aliphatic carbocycles. The molecule has 1 fully saturated rings. The Bertz CT molecular complexity index is 584. The van der Waals surface area contributed by atoms with Crippen LogP contribution in [-0.4, -0.2) is 56.0 Å². The van der Waals surface area contributed by atoms with E-state index in [0.717, 1.165) is 49.2 Å². The van der Waals surface area contributed by atoms with E-state index in [1.165, 1.54) is 11.9 Å². The van der Waals surface area contributed by atoms with Gasteiger partial charge in [0.25, 0.3) is 0 Å². The Labute approximate surface area is 137 Å². The van der Waals surface area contributed by atoms with E-state index < -0.39 is 10.0 Å². The van der Waals surface area contributed by atoms with Gasteiger partial charge in [0.2, 0.25) is 15.9 Å². The molecule has 1 unspecified atom stereocenters. The summed E-state index contributed by atoms with van der Waals surface area (Å²) in [5, 5.41) is 2.05. The van der Waals surface area contributed by atoms with Crippen molar-refractivity contribution in [1.29, 1.82) is 0 Å². The largest absolute Gasteiger partial charge is 0.338 e. The number of rotatable bonds is 5. The van der Waals surface area contributed by atoms with E-state index in [1.807, 2.05) is 11.0 Å². The van der Waals surface area contributed by atoms with Crippen molar-refractivity contribution in [2.45, 2.75) is 38.1 Å². The normalized spacial score (nSPS) is 20.1. The Morgan fingerprint density at radius 3 is 2.82 bits per heavy atom. The summed E-state index contributed by atoms with van der Waals surface area (Å²) in [6.07, 6.45) is 6.24. The molecule has 1 amide bonds. The number of carbonyl (C=O) groups excluding carboxylic acids is 1. The molecule has 1 aromatic heterocycles. The number of sulfonamides is 1. The molecule has 124 valence electrons. The summed E-state index contributed by atoms with van der Waals surface area (Å²) in [7, 11) is -1.87. The average molecular weight is 345 g/mol. The van der Waals surface area contributed by atoms with Gasteiger partial charge in [0.1, 0.15) is 0 Å². The molecule has 1 aromatic rings. The van der Waals surface area contributed by atoms with Crippen LogP contribution in [0, 0.1) is 0 Å². The number of hydrogen-bond donors (Lipinski definition) is 0. The van der Waals surface area contributed by atoms with E-state index >= 15 is 0 Å². The van der Waals surface area contributed by atoms with Gasteiger partial charge >= 0.3 is 0 Å². The SMILES string of the molecule is CN(CC(=O)N1CCCCCC1Cc1cccs1)S(C)(=O)=O. The van der Waals surface area contributed by atoms with E-state index in [0.29, 0.717) is 0 Å². The lowest BCUT2D eigenvalue weighted by Crippen LogP contribution is -2.46. The van der Waals surface area contributed by atoms with Crippen LogP contribution in [0.1, 0.15) is 30.6 Å². The minimum absolute atomic E-state index is 0.0697. The van der Waals surface area contributed by atoms with Gasteiger partial charge in [-0.05, 0) is 24.3 Å². The summed E-state index contributed by atoms with van der Waals surface area (Å²) in [5.74, 6) is -0.0867. The highest BCUT2D eigenvalue weighted by molar-refractivity contribution is 7.88. The molecule has 2 heterocycles. The van der Waals surface area contributed by atoms with E-state index in [9.17, 15) is 13.2 Å². The minimum atomic E-state index is -3.33. The summed E-state index contributed by atoms with van der Waals surface area (Å²) in [6.45, 7) is 0.659. The fourth-order valence-electron chi connectivity index (χ4n) is 2.78. The summed E-state index contributed by atoms with van der Waals surface area (Å²) in [5.41, 5.74) is 0. The van der Waals surface area contributed by atoms with Crippen molar-refractivity contribution in [3.05, 3.63) is 22.4 Å². The van der Waals surface area contributed by atoms with Crippen molar-refractivity contribution in [1.82, 2.24) is 9.21 Å². The van der Waals surface area contributed by atoms with Crippen LogP contribution in [0.25, 0.3) is 0 Å². The van der Waals surface area contributed by atoms with Crippen molar-refractivity contribution < 1.29 is 13.2 Å². The van der Waals surface area contributed by atoms with Gasteiger partial charge < -0.3 is 4.90 Å². The van der Waals surface area contributed by atoms with E-state index in [4.69, 9.17) is 0 Å². The number of hydrogen-bond acceptors (Lipinski definition) is 4. The third-order valence-electron chi connectivity index (χ3n) is 4.14. The molecule has 0 spiro atoms. The second-order valence-electron chi connectivity index (χ2n) is 5.89. The molecule has 0 aromatic carbocycles. The fraction of sp³-hybridized carbons (Fsp3) is 0.667. The Morgan fingerprint density at radius 1 is 1.41 bits per heavy atom. The van der Waals surface area contributed by atoms with Crippen molar-refractivity contribution in [2.75, 3.05) is 26.4 Å². The third-order valence-corrected chi connectivity index (χ3v) is 6.30. The first-order valence-electron chi connectivity index (χ1n) is 7.61. The maximum absolute atomic E-state index is 12.6. The van der Waals surface area contributed by atoms with Crippen LogP contribution >= 0.6 is 11.3 Å². The molecule has 1 aliphatic rings. The maximum atomic E-state index is 12.6. The molecule has 5 nitrogen and oxygen atoms in total. The topological polar surface area (TPSA) is 57.7 Å². The van der Waals surface area contributed by atoms with Crippen molar-refractivity contribution in [3.8, 4) is 0 Å². The van der Waals surface area contributed by atoms with Crippen LogP contribution in [0.2, 0.25) is 0 Å². The fourth-order valence-corrected chi connectivity index (χ4v) is 3.90. The van der Waals surface area contributed by atoms with Crippen molar-refractivity contribution >= 4 is 27.3 Å². The highest BCUT2D eigenvalue weighted by Crippen LogP contribution is 2.22. The molecule has 0 N–H and O–H groups in total. The highest BCUT2D eigenvalue weighted by Gasteiger charge is 2.27. The number of thiophene rings is 1. The number of amides is 1. The van der Waals surface area contributed by atoms with Gasteiger partial charge in [-0.1, -0.05) is 18.9 Å². The van der Waals surface area contributed by atoms with Gasteiger partial charge in [-0.15, -0.1) is 11.3 Å². The molecule has 0 saturated carbocycles. The van der Waals surface area contributed by atoms with Crippen molar-refractivity contribution in [2.24, 2.45) is 0 Å². The lowest BCUT2D eigenvalue weighted by molar-refractivity contribution is -0.133. The molecular formula is C15H24N2O3S2. The lowest BCUT2D eigenvalue weighted by Gasteiger charge is -2.31. The predicted molar refractivity (Wildman–Crippen MR) is 89.5 cm³/mol. The quantitative estimate of drug-likeness (QED) is 0.820. The number of likely N-dealkylation sites (tertiary alicyclic amines) is 1. The first-order chi connectivity index (χ1) is 10.4. The molecule has 0 radical (unpaired) electrons. The Morgan fingerprint density at radius 2 is 2.18 bits per heavy atom. The van der Waals surface area contributed by atoms with Crippen LogP contribution in [0.15, 0.2) is 17.5 Å². The standard InChI is InChI=1S/C15H24N2O3S2/c1-16(22(2,19)20)12-15(18)17-9-5-3-4-7-13(17)11-14-8-6-10-21-14/h6,8,10,13H,3-5,7,9,11-12H2,1-2H3. The predicted octanol–water partition coefficient (Wildman–Crippen LogP) is 1.95. The zero-order valence-electron chi connectivity index (χ0n) is 13.2. The molecule has 7 heteroatoms. The maximum Gasteiger partial charge on any atom is 0.238 e. The summed E-state index contributed by atoms with van der Waals surface area (Å²) < 4.78 is 24.2. The summed E-state index contributed by atoms with van der Waals surface area (Å²) in [4.78, 5) is 15.7. The zero-order chi connectivity index (χ0) is 16.2. The monoisotopic (exact) mass is 344 g/mol. The average Bonchev–Trinajstić information content (AvgIpc) is 2.82. The zero-order valence-corrected chi connectivity index (χ0v) is 14.8. The van der Waals surface area contributed by atoms with Crippen LogP contribution < -0.4 is 0 Å². The van der Waals surface area contributed by atoms with Gasteiger partial charge in [0, 0.05) is 30.9 Å². The van der Waals surface area contributed by atoms with Gasteiger partial charge in [-0.2, -0.15) is 4.31 Å². The highest BCUT2D eigenvalue weighted by atomic mass is 32.2. The second-order valence-corrected chi connectivity index (χ2v) is 9.01. The van der Waals surface area contributed by atoms with Gasteiger partial charge in [0.05, 0.1) is 12.8 Å². The lowest BCUT2D eigenvalue weighted by atomic mass is 10.1.